The first-order chi connectivity index (χ1) is 12.2. The summed E-state index contributed by atoms with van der Waals surface area (Å²) in [7, 11) is 1.72. The molecule has 0 spiro atoms. The molecule has 0 unspecified atom stereocenters. The molecule has 0 saturated heterocycles. The fourth-order valence-corrected chi connectivity index (χ4v) is 3.48. The molecule has 124 valence electrons. The number of fused-ring (bicyclic) bond motifs is 1. The Bertz CT molecular complexity index is 1020. The largest absolute Gasteiger partial charge is 0.496 e. The van der Waals surface area contributed by atoms with Crippen LogP contribution >= 0.6 is 0 Å². The molecule has 25 heavy (non-hydrogen) atoms. The van der Waals surface area contributed by atoms with Crippen molar-refractivity contribution in [2.45, 2.75) is 13.8 Å². The zero-order chi connectivity index (χ0) is 17.4. The van der Waals surface area contributed by atoms with E-state index in [1.807, 2.05) is 24.5 Å². The molecule has 0 N–H and O–H groups in total. The van der Waals surface area contributed by atoms with Crippen molar-refractivity contribution in [1.82, 2.24) is 0 Å². The lowest BCUT2D eigenvalue weighted by molar-refractivity contribution is 0.408. The van der Waals surface area contributed by atoms with Crippen LogP contribution in [0.25, 0.3) is 33.2 Å². The van der Waals surface area contributed by atoms with Crippen molar-refractivity contribution in [1.29, 1.82) is 0 Å². The van der Waals surface area contributed by atoms with E-state index >= 15 is 0 Å². The van der Waals surface area contributed by atoms with Crippen molar-refractivity contribution in [2.75, 3.05) is 7.11 Å². The molecular weight excluding hydrogens is 308 g/mol. The number of rotatable bonds is 3. The van der Waals surface area contributed by atoms with Crippen LogP contribution in [0.3, 0.4) is 0 Å². The highest BCUT2D eigenvalue weighted by molar-refractivity contribution is 5.94. The Morgan fingerprint density at radius 2 is 1.40 bits per heavy atom. The molecular formula is C23H20O2. The van der Waals surface area contributed by atoms with Gasteiger partial charge in [0.05, 0.1) is 13.4 Å². The number of furan rings is 1. The van der Waals surface area contributed by atoms with Gasteiger partial charge in [-0.05, 0) is 59.9 Å². The van der Waals surface area contributed by atoms with Crippen molar-refractivity contribution in [2.24, 2.45) is 0 Å². The van der Waals surface area contributed by atoms with E-state index in [0.29, 0.717) is 0 Å². The second-order valence-corrected chi connectivity index (χ2v) is 6.37. The molecule has 0 radical (unpaired) electrons. The van der Waals surface area contributed by atoms with Gasteiger partial charge in [0, 0.05) is 10.9 Å². The van der Waals surface area contributed by atoms with Crippen molar-refractivity contribution < 1.29 is 9.15 Å². The average Bonchev–Trinajstić information content (AvgIpc) is 3.06. The van der Waals surface area contributed by atoms with Gasteiger partial charge in [-0.3, -0.25) is 0 Å². The fraction of sp³-hybridized carbons (Fsp3) is 0.130. The minimum atomic E-state index is 0.919. The van der Waals surface area contributed by atoms with Gasteiger partial charge in [0.2, 0.25) is 0 Å². The van der Waals surface area contributed by atoms with Crippen LogP contribution in [0.4, 0.5) is 0 Å². The molecule has 2 nitrogen and oxygen atoms in total. The van der Waals surface area contributed by atoms with Crippen molar-refractivity contribution in [3.05, 3.63) is 78.1 Å². The summed E-state index contributed by atoms with van der Waals surface area (Å²) in [5.74, 6) is 0.963. The number of methoxy groups -OCH3 is 1. The Morgan fingerprint density at radius 3 is 2.08 bits per heavy atom. The van der Waals surface area contributed by atoms with Crippen LogP contribution in [-0.2, 0) is 0 Å². The van der Waals surface area contributed by atoms with E-state index in [1.165, 1.54) is 11.1 Å². The highest BCUT2D eigenvalue weighted by atomic mass is 16.5. The van der Waals surface area contributed by atoms with E-state index in [1.54, 1.807) is 7.11 Å². The lowest BCUT2D eigenvalue weighted by Crippen LogP contribution is -1.92. The molecule has 0 atom stereocenters. The van der Waals surface area contributed by atoms with Gasteiger partial charge in [-0.1, -0.05) is 42.5 Å². The Balaban J connectivity index is 1.73. The summed E-state index contributed by atoms with van der Waals surface area (Å²) in [6.07, 6.45) is 1.83. The summed E-state index contributed by atoms with van der Waals surface area (Å²) in [4.78, 5) is 0. The Morgan fingerprint density at radius 1 is 0.760 bits per heavy atom. The topological polar surface area (TPSA) is 22.4 Å². The summed E-state index contributed by atoms with van der Waals surface area (Å²) >= 11 is 0. The number of benzene rings is 3. The first kappa shape index (κ1) is 15.5. The Kier molecular flexibility index (Phi) is 3.81. The summed E-state index contributed by atoms with van der Waals surface area (Å²) < 4.78 is 11.1. The molecule has 4 aromatic rings. The van der Waals surface area contributed by atoms with Gasteiger partial charge in [0.1, 0.15) is 11.3 Å². The second kappa shape index (κ2) is 6.14. The van der Waals surface area contributed by atoms with Gasteiger partial charge >= 0.3 is 0 Å². The molecule has 0 bridgehead atoms. The van der Waals surface area contributed by atoms with E-state index in [4.69, 9.17) is 9.15 Å². The highest BCUT2D eigenvalue weighted by Gasteiger charge is 2.09. The van der Waals surface area contributed by atoms with Crippen LogP contribution in [0.15, 0.2) is 71.3 Å². The number of ether oxygens (including phenoxy) is 1. The molecule has 3 aromatic carbocycles. The predicted molar refractivity (Wildman–Crippen MR) is 103 cm³/mol. The third kappa shape index (κ3) is 2.70. The molecule has 1 aromatic heterocycles. The second-order valence-electron chi connectivity index (χ2n) is 6.37. The van der Waals surface area contributed by atoms with E-state index in [0.717, 1.165) is 39.0 Å². The maximum atomic E-state index is 5.66. The predicted octanol–water partition coefficient (Wildman–Crippen LogP) is 6.39. The van der Waals surface area contributed by atoms with Gasteiger partial charge in [-0.25, -0.2) is 0 Å². The molecule has 4 rings (SSSR count). The third-order valence-electron chi connectivity index (χ3n) is 4.67. The normalized spacial score (nSPS) is 11.0. The first-order valence-electron chi connectivity index (χ1n) is 8.39. The van der Waals surface area contributed by atoms with Gasteiger partial charge in [0.15, 0.2) is 0 Å². The highest BCUT2D eigenvalue weighted by Crippen LogP contribution is 2.33. The number of hydrogen-bond donors (Lipinski definition) is 0. The average molecular weight is 328 g/mol. The maximum absolute atomic E-state index is 5.66. The van der Waals surface area contributed by atoms with E-state index in [-0.39, 0.29) is 0 Å². The smallest absolute Gasteiger partial charge is 0.134 e. The van der Waals surface area contributed by atoms with Crippen LogP contribution in [0.2, 0.25) is 0 Å². The number of hydrogen-bond acceptors (Lipinski definition) is 2. The minimum absolute atomic E-state index is 0.919. The van der Waals surface area contributed by atoms with E-state index in [2.05, 4.69) is 56.3 Å². The lowest BCUT2D eigenvalue weighted by Gasteiger charge is -2.12. The van der Waals surface area contributed by atoms with Crippen molar-refractivity contribution in [3.63, 3.8) is 0 Å². The molecule has 0 aliphatic carbocycles. The summed E-state index contributed by atoms with van der Waals surface area (Å²) in [5.41, 5.74) is 7.93. The fourth-order valence-electron chi connectivity index (χ4n) is 3.48. The zero-order valence-corrected chi connectivity index (χ0v) is 14.7. The maximum Gasteiger partial charge on any atom is 0.134 e. The van der Waals surface area contributed by atoms with Gasteiger partial charge in [-0.2, -0.15) is 0 Å². The third-order valence-corrected chi connectivity index (χ3v) is 4.67. The SMILES string of the molecule is COc1c(C)cc(-c2ccc(-c3coc4ccccc34)cc2)cc1C. The zero-order valence-electron chi connectivity index (χ0n) is 14.7. The lowest BCUT2D eigenvalue weighted by atomic mass is 9.97. The quantitative estimate of drug-likeness (QED) is 0.434. The van der Waals surface area contributed by atoms with Crippen LogP contribution in [-0.4, -0.2) is 7.11 Å². The van der Waals surface area contributed by atoms with E-state index < -0.39 is 0 Å². The monoisotopic (exact) mass is 328 g/mol. The summed E-state index contributed by atoms with van der Waals surface area (Å²) in [5, 5.41) is 1.14. The van der Waals surface area contributed by atoms with Crippen LogP contribution in [0.5, 0.6) is 5.75 Å². The minimum Gasteiger partial charge on any atom is -0.496 e. The molecule has 0 aliphatic rings. The van der Waals surface area contributed by atoms with Crippen LogP contribution in [0, 0.1) is 13.8 Å². The van der Waals surface area contributed by atoms with Gasteiger partial charge < -0.3 is 9.15 Å². The van der Waals surface area contributed by atoms with Crippen molar-refractivity contribution in [3.8, 4) is 28.0 Å². The Labute approximate surface area is 147 Å². The summed E-state index contributed by atoms with van der Waals surface area (Å²) in [6, 6.07) is 21.1. The van der Waals surface area contributed by atoms with E-state index in [9.17, 15) is 0 Å². The number of para-hydroxylation sites is 1. The molecule has 0 aliphatic heterocycles. The van der Waals surface area contributed by atoms with Crippen molar-refractivity contribution >= 4 is 11.0 Å². The molecule has 1 heterocycles. The van der Waals surface area contributed by atoms with Gasteiger partial charge in [0.25, 0.3) is 0 Å². The molecule has 0 saturated carbocycles. The standard InChI is InChI=1S/C23H20O2/c1-15-12-19(13-16(2)23(15)24-3)17-8-10-18(11-9-17)21-14-25-22-7-5-4-6-20(21)22/h4-14H,1-3H3. The number of aryl methyl sites for hydroxylation is 2. The van der Waals surface area contributed by atoms with Gasteiger partial charge in [-0.15, -0.1) is 0 Å². The molecule has 0 amide bonds. The summed E-state index contributed by atoms with van der Waals surface area (Å²) in [6.45, 7) is 4.17. The molecule has 2 heteroatoms. The first-order valence-corrected chi connectivity index (χ1v) is 8.39. The van der Waals surface area contributed by atoms with Crippen LogP contribution in [0.1, 0.15) is 11.1 Å². The Hall–Kier alpha value is -3.00. The van der Waals surface area contributed by atoms with Crippen LogP contribution < -0.4 is 4.74 Å². The molecule has 0 fully saturated rings.